The molecule has 1 unspecified atom stereocenters. The first-order valence-corrected chi connectivity index (χ1v) is 4.78. The summed E-state index contributed by atoms with van der Waals surface area (Å²) in [6.45, 7) is 2.24. The maximum absolute atomic E-state index is 10.9. The van der Waals surface area contributed by atoms with Crippen molar-refractivity contribution < 1.29 is 4.79 Å². The maximum atomic E-state index is 10.9. The van der Waals surface area contributed by atoms with E-state index in [9.17, 15) is 4.79 Å². The number of nitrogens with zero attached hydrogens (tertiary/aromatic N) is 1. The number of nitriles is 1. The second-order valence-electron chi connectivity index (χ2n) is 2.13. The Morgan fingerprint density at radius 2 is 2.45 bits per heavy atom. The SMILES string of the molecule is CSCCNC(=O)C(C)C#N. The van der Waals surface area contributed by atoms with Crippen LogP contribution >= 0.6 is 11.8 Å². The van der Waals surface area contributed by atoms with E-state index in [-0.39, 0.29) is 5.91 Å². The van der Waals surface area contributed by atoms with Crippen molar-refractivity contribution in [3.05, 3.63) is 0 Å². The van der Waals surface area contributed by atoms with Crippen LogP contribution in [0.15, 0.2) is 0 Å². The topological polar surface area (TPSA) is 52.9 Å². The van der Waals surface area contributed by atoms with Crippen LogP contribution in [0.25, 0.3) is 0 Å². The van der Waals surface area contributed by atoms with Gasteiger partial charge in [0.1, 0.15) is 5.92 Å². The monoisotopic (exact) mass is 172 g/mol. The molecule has 0 heterocycles. The van der Waals surface area contributed by atoms with Crippen LogP contribution in [0.3, 0.4) is 0 Å². The molecule has 0 aromatic heterocycles. The molecule has 3 nitrogen and oxygen atoms in total. The Morgan fingerprint density at radius 3 is 2.91 bits per heavy atom. The third-order valence-electron chi connectivity index (χ3n) is 1.19. The molecule has 1 atom stereocenters. The molecule has 11 heavy (non-hydrogen) atoms. The molecule has 0 aromatic rings. The average Bonchev–Trinajstić information content (AvgIpc) is 2.03. The van der Waals surface area contributed by atoms with E-state index in [1.807, 2.05) is 12.3 Å². The van der Waals surface area contributed by atoms with Crippen LogP contribution < -0.4 is 5.32 Å². The second-order valence-corrected chi connectivity index (χ2v) is 3.12. The molecule has 62 valence electrons. The van der Waals surface area contributed by atoms with Gasteiger partial charge in [-0.25, -0.2) is 0 Å². The number of hydrogen-bond acceptors (Lipinski definition) is 3. The predicted octanol–water partition coefficient (Wildman–Crippen LogP) is 0.625. The zero-order chi connectivity index (χ0) is 8.69. The van der Waals surface area contributed by atoms with Gasteiger partial charge in [0.15, 0.2) is 0 Å². The van der Waals surface area contributed by atoms with Gasteiger partial charge < -0.3 is 5.32 Å². The lowest BCUT2D eigenvalue weighted by atomic mass is 10.2. The summed E-state index contributed by atoms with van der Waals surface area (Å²) in [5.74, 6) is 0.183. The van der Waals surface area contributed by atoms with Crippen molar-refractivity contribution >= 4 is 17.7 Å². The molecule has 0 aliphatic carbocycles. The molecule has 0 bridgehead atoms. The van der Waals surface area contributed by atoms with Crippen molar-refractivity contribution in [2.75, 3.05) is 18.6 Å². The van der Waals surface area contributed by atoms with Crippen LogP contribution in [0, 0.1) is 17.2 Å². The quantitative estimate of drug-likeness (QED) is 0.633. The number of amides is 1. The Balaban J connectivity index is 3.46. The van der Waals surface area contributed by atoms with Crippen molar-refractivity contribution in [3.63, 3.8) is 0 Å². The molecular formula is C7H12N2OS. The number of carbonyl (C=O) groups is 1. The smallest absolute Gasteiger partial charge is 0.237 e. The van der Waals surface area contributed by atoms with E-state index in [0.29, 0.717) is 6.54 Å². The molecule has 1 amide bonds. The molecule has 0 fully saturated rings. The molecule has 0 spiro atoms. The zero-order valence-electron chi connectivity index (χ0n) is 6.76. The summed E-state index contributed by atoms with van der Waals surface area (Å²) in [6.07, 6.45) is 1.97. The third-order valence-corrected chi connectivity index (χ3v) is 1.80. The third kappa shape index (κ3) is 4.68. The van der Waals surface area contributed by atoms with Gasteiger partial charge in [-0.15, -0.1) is 0 Å². The summed E-state index contributed by atoms with van der Waals surface area (Å²) in [5, 5.41) is 11.0. The van der Waals surface area contributed by atoms with E-state index in [0.717, 1.165) is 5.75 Å². The van der Waals surface area contributed by atoms with Crippen LogP contribution in [0.5, 0.6) is 0 Å². The van der Waals surface area contributed by atoms with Crippen LogP contribution in [-0.4, -0.2) is 24.5 Å². The Kier molecular flexibility index (Phi) is 5.67. The molecule has 1 N–H and O–H groups in total. The average molecular weight is 172 g/mol. The highest BCUT2D eigenvalue weighted by Crippen LogP contribution is 1.92. The van der Waals surface area contributed by atoms with Gasteiger partial charge in [-0.3, -0.25) is 4.79 Å². The minimum Gasteiger partial charge on any atom is -0.354 e. The lowest BCUT2D eigenvalue weighted by Gasteiger charge is -2.03. The Morgan fingerprint density at radius 1 is 1.82 bits per heavy atom. The number of hydrogen-bond donors (Lipinski definition) is 1. The van der Waals surface area contributed by atoms with Crippen molar-refractivity contribution in [2.45, 2.75) is 6.92 Å². The molecule has 0 aromatic carbocycles. The molecule has 0 saturated carbocycles. The van der Waals surface area contributed by atoms with Crippen LogP contribution in [-0.2, 0) is 4.79 Å². The van der Waals surface area contributed by atoms with E-state index >= 15 is 0 Å². The summed E-state index contributed by atoms with van der Waals surface area (Å²) in [5.41, 5.74) is 0. The normalized spacial score (nSPS) is 11.7. The second kappa shape index (κ2) is 6.05. The lowest BCUT2D eigenvalue weighted by Crippen LogP contribution is -2.30. The molecule has 0 saturated heterocycles. The lowest BCUT2D eigenvalue weighted by molar-refractivity contribution is -0.122. The molecule has 0 aliphatic rings. The Labute approximate surface area is 71.2 Å². The van der Waals surface area contributed by atoms with Gasteiger partial charge in [-0.2, -0.15) is 17.0 Å². The first-order chi connectivity index (χ1) is 5.22. The number of carbonyl (C=O) groups excluding carboxylic acids is 1. The standard InChI is InChI=1S/C7H12N2OS/c1-6(5-8)7(10)9-3-4-11-2/h6H,3-4H2,1-2H3,(H,9,10). The number of thioether (sulfide) groups is 1. The van der Waals surface area contributed by atoms with E-state index in [4.69, 9.17) is 5.26 Å². The first kappa shape index (κ1) is 10.3. The van der Waals surface area contributed by atoms with Crippen molar-refractivity contribution in [1.82, 2.24) is 5.32 Å². The summed E-state index contributed by atoms with van der Waals surface area (Å²) in [4.78, 5) is 10.9. The molecule has 4 heteroatoms. The van der Waals surface area contributed by atoms with Gasteiger partial charge in [0.05, 0.1) is 6.07 Å². The fraction of sp³-hybridized carbons (Fsp3) is 0.714. The van der Waals surface area contributed by atoms with E-state index in [1.54, 1.807) is 18.7 Å². The molecule has 0 rings (SSSR count). The van der Waals surface area contributed by atoms with Gasteiger partial charge in [0, 0.05) is 12.3 Å². The minimum atomic E-state index is -0.531. The maximum Gasteiger partial charge on any atom is 0.237 e. The van der Waals surface area contributed by atoms with E-state index < -0.39 is 5.92 Å². The van der Waals surface area contributed by atoms with E-state index in [1.165, 1.54) is 0 Å². The summed E-state index contributed by atoms with van der Waals surface area (Å²) in [7, 11) is 0. The largest absolute Gasteiger partial charge is 0.354 e. The fourth-order valence-electron chi connectivity index (χ4n) is 0.488. The fourth-order valence-corrected chi connectivity index (χ4v) is 0.794. The summed E-state index contributed by atoms with van der Waals surface area (Å²) in [6, 6.07) is 1.87. The van der Waals surface area contributed by atoms with Gasteiger partial charge in [-0.05, 0) is 13.2 Å². The van der Waals surface area contributed by atoms with E-state index in [2.05, 4.69) is 5.32 Å². The highest BCUT2D eigenvalue weighted by Gasteiger charge is 2.09. The Bertz CT molecular complexity index is 164. The predicted molar refractivity (Wildman–Crippen MR) is 46.2 cm³/mol. The number of nitrogens with one attached hydrogen (secondary N) is 1. The first-order valence-electron chi connectivity index (χ1n) is 3.38. The van der Waals surface area contributed by atoms with Crippen molar-refractivity contribution in [1.29, 1.82) is 5.26 Å². The van der Waals surface area contributed by atoms with Gasteiger partial charge in [0.2, 0.25) is 5.91 Å². The number of rotatable bonds is 4. The molecule has 0 radical (unpaired) electrons. The summed E-state index contributed by atoms with van der Waals surface area (Å²) < 4.78 is 0. The minimum absolute atomic E-state index is 0.179. The Hall–Kier alpha value is -0.690. The van der Waals surface area contributed by atoms with Gasteiger partial charge in [-0.1, -0.05) is 0 Å². The highest BCUT2D eigenvalue weighted by atomic mass is 32.2. The van der Waals surface area contributed by atoms with Crippen molar-refractivity contribution in [2.24, 2.45) is 5.92 Å². The van der Waals surface area contributed by atoms with Gasteiger partial charge in [0.25, 0.3) is 0 Å². The van der Waals surface area contributed by atoms with Crippen LogP contribution in [0.4, 0.5) is 0 Å². The van der Waals surface area contributed by atoms with Crippen LogP contribution in [0.1, 0.15) is 6.92 Å². The van der Waals surface area contributed by atoms with Gasteiger partial charge >= 0.3 is 0 Å². The highest BCUT2D eigenvalue weighted by molar-refractivity contribution is 7.98. The molecular weight excluding hydrogens is 160 g/mol. The zero-order valence-corrected chi connectivity index (χ0v) is 7.57. The summed E-state index contributed by atoms with van der Waals surface area (Å²) >= 11 is 1.67. The molecule has 0 aliphatic heterocycles. The van der Waals surface area contributed by atoms with Crippen LogP contribution in [0.2, 0.25) is 0 Å². The van der Waals surface area contributed by atoms with Crippen molar-refractivity contribution in [3.8, 4) is 6.07 Å².